The molecule has 0 spiro atoms. The van der Waals surface area contributed by atoms with Crippen molar-refractivity contribution in [2.24, 2.45) is 0 Å². The molecule has 1 aliphatic rings. The SMILES string of the molecule is CCCC(=O)N1CCCC[C@H]1C(=O)Nc1ccc(Oc2cc(C)[nH]n2)cc1. The number of aromatic nitrogens is 2. The van der Waals surface area contributed by atoms with Crippen LogP contribution in [0.5, 0.6) is 11.6 Å². The van der Waals surface area contributed by atoms with Crippen molar-refractivity contribution in [1.29, 1.82) is 0 Å². The number of aromatic amines is 1. The first-order valence-electron chi connectivity index (χ1n) is 9.47. The number of amides is 2. The number of ether oxygens (including phenoxy) is 1. The van der Waals surface area contributed by atoms with Crippen molar-refractivity contribution in [2.75, 3.05) is 11.9 Å². The summed E-state index contributed by atoms with van der Waals surface area (Å²) in [6.07, 6.45) is 3.91. The smallest absolute Gasteiger partial charge is 0.247 e. The summed E-state index contributed by atoms with van der Waals surface area (Å²) in [5.74, 6) is 1.07. The molecule has 1 aromatic carbocycles. The first-order chi connectivity index (χ1) is 13.1. The first kappa shape index (κ1) is 18.9. The quantitative estimate of drug-likeness (QED) is 0.813. The van der Waals surface area contributed by atoms with Crippen molar-refractivity contribution in [2.45, 2.75) is 52.0 Å². The van der Waals surface area contributed by atoms with E-state index in [0.717, 1.165) is 25.0 Å². The van der Waals surface area contributed by atoms with Gasteiger partial charge in [-0.25, -0.2) is 0 Å². The second-order valence-electron chi connectivity index (χ2n) is 6.85. The van der Waals surface area contributed by atoms with Gasteiger partial charge in [-0.2, -0.15) is 0 Å². The summed E-state index contributed by atoms with van der Waals surface area (Å²) in [7, 11) is 0. The first-order valence-corrected chi connectivity index (χ1v) is 9.47. The topological polar surface area (TPSA) is 87.3 Å². The summed E-state index contributed by atoms with van der Waals surface area (Å²) in [6.45, 7) is 4.54. The van der Waals surface area contributed by atoms with Gasteiger partial charge in [-0.15, -0.1) is 5.10 Å². The molecular weight excluding hydrogens is 344 g/mol. The molecule has 1 saturated heterocycles. The zero-order valence-electron chi connectivity index (χ0n) is 15.8. The minimum atomic E-state index is -0.388. The summed E-state index contributed by atoms with van der Waals surface area (Å²) in [4.78, 5) is 26.8. The van der Waals surface area contributed by atoms with Gasteiger partial charge in [-0.1, -0.05) is 6.92 Å². The van der Waals surface area contributed by atoms with Gasteiger partial charge in [0.1, 0.15) is 11.8 Å². The molecule has 2 amide bonds. The highest BCUT2D eigenvalue weighted by molar-refractivity contribution is 5.97. The van der Waals surface area contributed by atoms with Crippen LogP contribution in [0, 0.1) is 6.92 Å². The Hall–Kier alpha value is -2.83. The van der Waals surface area contributed by atoms with E-state index in [1.54, 1.807) is 35.2 Å². The van der Waals surface area contributed by atoms with E-state index < -0.39 is 0 Å². The van der Waals surface area contributed by atoms with E-state index in [0.29, 0.717) is 36.7 Å². The molecule has 0 radical (unpaired) electrons. The number of carbonyl (C=O) groups is 2. The number of hydrogen-bond donors (Lipinski definition) is 2. The monoisotopic (exact) mass is 370 g/mol. The Bertz CT molecular complexity index is 785. The molecule has 2 N–H and O–H groups in total. The fraction of sp³-hybridized carbons (Fsp3) is 0.450. The lowest BCUT2D eigenvalue weighted by Gasteiger charge is -2.34. The molecule has 0 aliphatic carbocycles. The number of anilines is 1. The Morgan fingerprint density at radius 3 is 2.74 bits per heavy atom. The number of likely N-dealkylation sites (tertiary alicyclic amines) is 1. The van der Waals surface area contributed by atoms with E-state index in [-0.39, 0.29) is 17.9 Å². The number of nitrogens with one attached hydrogen (secondary N) is 2. The van der Waals surface area contributed by atoms with Gasteiger partial charge in [-0.05, 0) is 56.9 Å². The minimum absolute atomic E-state index is 0.0652. The highest BCUT2D eigenvalue weighted by Crippen LogP contribution is 2.23. The second-order valence-corrected chi connectivity index (χ2v) is 6.85. The van der Waals surface area contributed by atoms with Crippen molar-refractivity contribution in [3.63, 3.8) is 0 Å². The third-order valence-corrected chi connectivity index (χ3v) is 4.62. The van der Waals surface area contributed by atoms with E-state index in [2.05, 4.69) is 15.5 Å². The Kier molecular flexibility index (Phi) is 6.11. The molecule has 1 fully saturated rings. The lowest BCUT2D eigenvalue weighted by Crippen LogP contribution is -2.49. The van der Waals surface area contributed by atoms with E-state index in [1.165, 1.54) is 0 Å². The molecule has 7 heteroatoms. The number of nitrogens with zero attached hydrogens (tertiary/aromatic N) is 2. The van der Waals surface area contributed by atoms with Gasteiger partial charge >= 0.3 is 0 Å². The fourth-order valence-corrected chi connectivity index (χ4v) is 3.26. The van der Waals surface area contributed by atoms with E-state index in [9.17, 15) is 9.59 Å². The lowest BCUT2D eigenvalue weighted by molar-refractivity contribution is -0.140. The maximum Gasteiger partial charge on any atom is 0.247 e. The van der Waals surface area contributed by atoms with Crippen LogP contribution in [0.3, 0.4) is 0 Å². The van der Waals surface area contributed by atoms with Crippen molar-refractivity contribution in [3.8, 4) is 11.6 Å². The zero-order valence-corrected chi connectivity index (χ0v) is 15.8. The third-order valence-electron chi connectivity index (χ3n) is 4.62. The highest BCUT2D eigenvalue weighted by Gasteiger charge is 2.31. The Morgan fingerprint density at radius 1 is 1.30 bits per heavy atom. The van der Waals surface area contributed by atoms with Gasteiger partial charge < -0.3 is 15.0 Å². The Morgan fingerprint density at radius 2 is 2.07 bits per heavy atom. The largest absolute Gasteiger partial charge is 0.438 e. The lowest BCUT2D eigenvalue weighted by atomic mass is 10.0. The third kappa shape index (κ3) is 4.87. The Labute approximate surface area is 159 Å². The highest BCUT2D eigenvalue weighted by atomic mass is 16.5. The summed E-state index contributed by atoms with van der Waals surface area (Å²) < 4.78 is 5.64. The molecule has 0 saturated carbocycles. The van der Waals surface area contributed by atoms with Gasteiger partial charge in [0.25, 0.3) is 0 Å². The number of carbonyl (C=O) groups excluding carboxylic acids is 2. The van der Waals surface area contributed by atoms with Crippen LogP contribution >= 0.6 is 0 Å². The van der Waals surface area contributed by atoms with Gasteiger partial charge in [0.15, 0.2) is 0 Å². The number of rotatable bonds is 6. The molecule has 3 rings (SSSR count). The van der Waals surface area contributed by atoms with Crippen LogP contribution in [0.25, 0.3) is 0 Å². The molecule has 1 aliphatic heterocycles. The van der Waals surface area contributed by atoms with Gasteiger partial charge in [0, 0.05) is 30.4 Å². The maximum atomic E-state index is 12.7. The van der Waals surface area contributed by atoms with Crippen LogP contribution < -0.4 is 10.1 Å². The van der Waals surface area contributed by atoms with Crippen molar-refractivity contribution in [1.82, 2.24) is 15.1 Å². The molecule has 0 bridgehead atoms. The predicted molar refractivity (Wildman–Crippen MR) is 103 cm³/mol. The van der Waals surface area contributed by atoms with E-state index in [4.69, 9.17) is 4.74 Å². The van der Waals surface area contributed by atoms with E-state index >= 15 is 0 Å². The van der Waals surface area contributed by atoms with Crippen LogP contribution in [0.15, 0.2) is 30.3 Å². The van der Waals surface area contributed by atoms with Crippen molar-refractivity contribution >= 4 is 17.5 Å². The number of benzene rings is 1. The number of hydrogen-bond acceptors (Lipinski definition) is 4. The average molecular weight is 370 g/mol. The maximum absolute atomic E-state index is 12.7. The van der Waals surface area contributed by atoms with Crippen LogP contribution in [0.4, 0.5) is 5.69 Å². The molecule has 144 valence electrons. The second kappa shape index (κ2) is 8.70. The number of H-pyrrole nitrogens is 1. The number of aryl methyl sites for hydroxylation is 1. The summed E-state index contributed by atoms with van der Waals surface area (Å²) in [5, 5.41) is 9.77. The standard InChI is InChI=1S/C20H26N4O3/c1-3-6-19(25)24-12-5-4-7-17(24)20(26)21-15-8-10-16(11-9-15)27-18-13-14(2)22-23-18/h8-11,13,17H,3-7,12H2,1-2H3,(H,21,26)(H,22,23)/t17-/m0/s1. The molecule has 0 unspecified atom stereocenters. The molecule has 1 aromatic heterocycles. The fourth-order valence-electron chi connectivity index (χ4n) is 3.26. The number of piperidine rings is 1. The zero-order chi connectivity index (χ0) is 19.2. The molecule has 2 heterocycles. The minimum Gasteiger partial charge on any atom is -0.438 e. The van der Waals surface area contributed by atoms with E-state index in [1.807, 2.05) is 13.8 Å². The summed E-state index contributed by atoms with van der Waals surface area (Å²) in [6, 6.07) is 8.55. The Balaban J connectivity index is 1.61. The predicted octanol–water partition coefficient (Wildman–Crippen LogP) is 3.63. The van der Waals surface area contributed by atoms with Gasteiger partial charge in [-0.3, -0.25) is 14.7 Å². The van der Waals surface area contributed by atoms with Crippen LogP contribution in [-0.4, -0.2) is 39.5 Å². The normalized spacial score (nSPS) is 16.8. The average Bonchev–Trinajstić information content (AvgIpc) is 3.08. The van der Waals surface area contributed by atoms with Crippen LogP contribution in [-0.2, 0) is 9.59 Å². The summed E-state index contributed by atoms with van der Waals surface area (Å²) in [5.41, 5.74) is 1.60. The van der Waals surface area contributed by atoms with Crippen LogP contribution in [0.2, 0.25) is 0 Å². The van der Waals surface area contributed by atoms with Crippen LogP contribution in [0.1, 0.15) is 44.7 Å². The molecular formula is C20H26N4O3. The summed E-state index contributed by atoms with van der Waals surface area (Å²) >= 11 is 0. The molecule has 7 nitrogen and oxygen atoms in total. The van der Waals surface area contributed by atoms with Gasteiger partial charge in [0.2, 0.25) is 17.7 Å². The van der Waals surface area contributed by atoms with Gasteiger partial charge in [0.05, 0.1) is 0 Å². The molecule has 27 heavy (non-hydrogen) atoms. The molecule has 2 aromatic rings. The van der Waals surface area contributed by atoms with Crippen molar-refractivity contribution < 1.29 is 14.3 Å². The van der Waals surface area contributed by atoms with Crippen molar-refractivity contribution in [3.05, 3.63) is 36.0 Å². The molecule has 1 atom stereocenters.